The second-order valence-corrected chi connectivity index (χ2v) is 6.38. The molecule has 2 aromatic carbocycles. The lowest BCUT2D eigenvalue weighted by molar-refractivity contribution is 0.101. The molecule has 0 spiro atoms. The van der Waals surface area contributed by atoms with Crippen molar-refractivity contribution in [3.05, 3.63) is 58.9 Å². The Hall–Kier alpha value is -1.92. The first kappa shape index (κ1) is 15.5. The smallest absolute Gasteiger partial charge is 0.262 e. The molecule has 7 heteroatoms. The van der Waals surface area contributed by atoms with Crippen LogP contribution in [0.3, 0.4) is 0 Å². The first-order valence-electron chi connectivity index (χ1n) is 5.89. The maximum atomic E-state index is 13.6. The Bertz CT molecular complexity index is 785. The molecule has 0 saturated carbocycles. The van der Waals surface area contributed by atoms with Crippen LogP contribution in [0, 0.1) is 5.82 Å². The van der Waals surface area contributed by atoms with E-state index in [1.54, 1.807) is 0 Å². The molecular formula is C14H11ClFNO3S. The number of rotatable bonds is 4. The minimum Gasteiger partial charge on any atom is -0.295 e. The summed E-state index contributed by atoms with van der Waals surface area (Å²) in [6.45, 7) is 1.33. The third-order valence-corrected chi connectivity index (χ3v) is 4.41. The van der Waals surface area contributed by atoms with E-state index in [4.69, 9.17) is 11.6 Å². The fourth-order valence-corrected chi connectivity index (χ4v) is 3.07. The summed E-state index contributed by atoms with van der Waals surface area (Å²) in [6.07, 6.45) is 0. The Labute approximate surface area is 126 Å². The number of benzene rings is 2. The van der Waals surface area contributed by atoms with Gasteiger partial charge in [0.15, 0.2) is 5.78 Å². The Morgan fingerprint density at radius 3 is 2.48 bits per heavy atom. The van der Waals surface area contributed by atoms with Gasteiger partial charge in [0.25, 0.3) is 10.0 Å². The molecular weight excluding hydrogens is 317 g/mol. The van der Waals surface area contributed by atoms with E-state index >= 15 is 0 Å². The number of hydrogen-bond acceptors (Lipinski definition) is 3. The molecule has 0 aliphatic heterocycles. The number of hydrogen-bond donors (Lipinski definition) is 1. The van der Waals surface area contributed by atoms with Crippen molar-refractivity contribution in [2.24, 2.45) is 0 Å². The van der Waals surface area contributed by atoms with E-state index in [1.165, 1.54) is 43.3 Å². The molecule has 110 valence electrons. The number of halogens is 2. The molecule has 4 nitrogen and oxygen atoms in total. The van der Waals surface area contributed by atoms with Gasteiger partial charge in [0.2, 0.25) is 0 Å². The Kier molecular flexibility index (Phi) is 4.29. The summed E-state index contributed by atoms with van der Waals surface area (Å²) in [4.78, 5) is 11.2. The fourth-order valence-electron chi connectivity index (χ4n) is 1.67. The summed E-state index contributed by atoms with van der Waals surface area (Å²) in [5.74, 6) is -1.05. The van der Waals surface area contributed by atoms with Crippen LogP contribution in [-0.4, -0.2) is 14.2 Å². The Morgan fingerprint density at radius 1 is 1.19 bits per heavy atom. The quantitative estimate of drug-likeness (QED) is 0.874. The third kappa shape index (κ3) is 3.40. The van der Waals surface area contributed by atoms with Crippen molar-refractivity contribution in [2.75, 3.05) is 4.72 Å². The number of sulfonamides is 1. The molecule has 0 unspecified atom stereocenters. The lowest BCUT2D eigenvalue weighted by Gasteiger charge is -2.11. The van der Waals surface area contributed by atoms with E-state index in [1.807, 2.05) is 0 Å². The van der Waals surface area contributed by atoms with Crippen molar-refractivity contribution in [3.63, 3.8) is 0 Å². The summed E-state index contributed by atoms with van der Waals surface area (Å²) in [7, 11) is -4.04. The zero-order valence-corrected chi connectivity index (χ0v) is 12.5. The largest absolute Gasteiger partial charge is 0.295 e. The minimum absolute atomic E-state index is 0.0544. The van der Waals surface area contributed by atoms with Gasteiger partial charge in [-0.05, 0) is 31.2 Å². The van der Waals surface area contributed by atoms with Crippen LogP contribution in [0.2, 0.25) is 5.02 Å². The number of ketones is 1. The van der Waals surface area contributed by atoms with Crippen molar-refractivity contribution >= 4 is 33.1 Å². The van der Waals surface area contributed by atoms with Gasteiger partial charge in [0.1, 0.15) is 11.5 Å². The summed E-state index contributed by atoms with van der Waals surface area (Å²) in [5.41, 5.74) is -0.0788. The van der Waals surface area contributed by atoms with Gasteiger partial charge in [-0.15, -0.1) is 0 Å². The van der Waals surface area contributed by atoms with Crippen molar-refractivity contribution in [2.45, 2.75) is 11.8 Å². The lowest BCUT2D eigenvalue weighted by Crippen LogP contribution is -2.15. The van der Waals surface area contributed by atoms with E-state index < -0.39 is 15.8 Å². The molecule has 0 bridgehead atoms. The maximum absolute atomic E-state index is 13.6. The van der Waals surface area contributed by atoms with Crippen LogP contribution in [0.15, 0.2) is 47.4 Å². The highest BCUT2D eigenvalue weighted by atomic mass is 35.5. The first-order chi connectivity index (χ1) is 9.81. The van der Waals surface area contributed by atoms with E-state index in [0.717, 1.165) is 6.07 Å². The van der Waals surface area contributed by atoms with Gasteiger partial charge in [-0.25, -0.2) is 12.8 Å². The molecule has 21 heavy (non-hydrogen) atoms. The molecule has 2 aromatic rings. The van der Waals surface area contributed by atoms with Crippen LogP contribution < -0.4 is 4.72 Å². The molecule has 0 amide bonds. The summed E-state index contributed by atoms with van der Waals surface area (Å²) < 4.78 is 40.2. The van der Waals surface area contributed by atoms with Crippen molar-refractivity contribution in [3.8, 4) is 0 Å². The summed E-state index contributed by atoms with van der Waals surface area (Å²) in [6, 6.07) is 9.30. The molecule has 0 aliphatic carbocycles. The first-order valence-corrected chi connectivity index (χ1v) is 7.75. The predicted molar refractivity (Wildman–Crippen MR) is 78.7 cm³/mol. The second kappa shape index (κ2) is 5.83. The molecule has 0 aliphatic rings. The average molecular weight is 328 g/mol. The third-order valence-electron chi connectivity index (χ3n) is 2.75. The average Bonchev–Trinajstić information content (AvgIpc) is 2.43. The molecule has 0 heterocycles. The van der Waals surface area contributed by atoms with Crippen LogP contribution in [-0.2, 0) is 10.0 Å². The topological polar surface area (TPSA) is 63.2 Å². The molecule has 1 N–H and O–H groups in total. The lowest BCUT2D eigenvalue weighted by atomic mass is 10.2. The highest BCUT2D eigenvalue weighted by Crippen LogP contribution is 2.27. The number of para-hydroxylation sites is 1. The number of anilines is 1. The van der Waals surface area contributed by atoms with Crippen LogP contribution >= 0.6 is 11.6 Å². The molecule has 0 radical (unpaired) electrons. The van der Waals surface area contributed by atoms with Gasteiger partial charge in [-0.2, -0.15) is 0 Å². The van der Waals surface area contributed by atoms with Gasteiger partial charge in [0, 0.05) is 5.56 Å². The standard InChI is InChI=1S/C14H11ClFNO3S/c1-9(18)10-4-2-5-11(8-10)21(19,20)17-14-12(15)6-3-7-13(14)16/h2-8,17H,1H3. The molecule has 0 saturated heterocycles. The molecule has 0 aromatic heterocycles. The van der Waals surface area contributed by atoms with Gasteiger partial charge in [0.05, 0.1) is 9.92 Å². The second-order valence-electron chi connectivity index (χ2n) is 4.29. The monoisotopic (exact) mass is 327 g/mol. The van der Waals surface area contributed by atoms with E-state index in [2.05, 4.69) is 4.72 Å². The molecule has 0 fully saturated rings. The van der Waals surface area contributed by atoms with Gasteiger partial charge in [-0.1, -0.05) is 29.8 Å². The van der Waals surface area contributed by atoms with Gasteiger partial charge in [-0.3, -0.25) is 9.52 Å². The summed E-state index contributed by atoms with van der Waals surface area (Å²) >= 11 is 5.78. The van der Waals surface area contributed by atoms with Crippen molar-refractivity contribution < 1.29 is 17.6 Å². The van der Waals surface area contributed by atoms with Crippen LogP contribution in [0.5, 0.6) is 0 Å². The predicted octanol–water partition coefficient (Wildman–Crippen LogP) is 3.48. The minimum atomic E-state index is -4.04. The van der Waals surface area contributed by atoms with Gasteiger partial charge < -0.3 is 0 Å². The zero-order valence-electron chi connectivity index (χ0n) is 10.9. The van der Waals surface area contributed by atoms with Crippen LogP contribution in [0.4, 0.5) is 10.1 Å². The van der Waals surface area contributed by atoms with E-state index in [9.17, 15) is 17.6 Å². The fraction of sp³-hybridized carbons (Fsp3) is 0.0714. The van der Waals surface area contributed by atoms with Crippen molar-refractivity contribution in [1.29, 1.82) is 0 Å². The SMILES string of the molecule is CC(=O)c1cccc(S(=O)(=O)Nc2c(F)cccc2Cl)c1. The number of Topliss-reactive ketones (excluding diaryl/α,β-unsaturated/α-hetero) is 1. The number of nitrogens with one attached hydrogen (secondary N) is 1. The summed E-state index contributed by atoms with van der Waals surface area (Å²) in [5, 5.41) is -0.0544. The molecule has 0 atom stereocenters. The Balaban J connectivity index is 2.44. The van der Waals surface area contributed by atoms with E-state index in [0.29, 0.717) is 0 Å². The van der Waals surface area contributed by atoms with Gasteiger partial charge >= 0.3 is 0 Å². The number of carbonyl (C=O) groups excluding carboxylic acids is 1. The normalized spacial score (nSPS) is 11.2. The maximum Gasteiger partial charge on any atom is 0.262 e. The van der Waals surface area contributed by atoms with Crippen molar-refractivity contribution in [1.82, 2.24) is 0 Å². The molecule has 2 rings (SSSR count). The highest BCUT2D eigenvalue weighted by molar-refractivity contribution is 7.92. The van der Waals surface area contributed by atoms with E-state index in [-0.39, 0.29) is 27.0 Å². The van der Waals surface area contributed by atoms with Crippen LogP contribution in [0.25, 0.3) is 0 Å². The Morgan fingerprint density at radius 2 is 1.86 bits per heavy atom. The zero-order chi connectivity index (χ0) is 15.6. The van der Waals surface area contributed by atoms with Crippen LogP contribution in [0.1, 0.15) is 17.3 Å². The highest BCUT2D eigenvalue weighted by Gasteiger charge is 2.19. The number of carbonyl (C=O) groups is 1.